The molecule has 0 radical (unpaired) electrons. The fraction of sp³-hybridized carbons (Fsp3) is 0.385. The van der Waals surface area contributed by atoms with Crippen molar-refractivity contribution in [1.82, 2.24) is 0 Å². The Morgan fingerprint density at radius 3 is 2.25 bits per heavy atom. The van der Waals surface area contributed by atoms with Crippen LogP contribution in [0.4, 0.5) is 0 Å². The molecular formula is C13H19ClOSi. The Kier molecular flexibility index (Phi) is 5.26. The van der Waals surface area contributed by atoms with Crippen molar-refractivity contribution in [2.24, 2.45) is 0 Å². The summed E-state index contributed by atoms with van der Waals surface area (Å²) >= 11 is 5.74. The van der Waals surface area contributed by atoms with Gasteiger partial charge in [0.15, 0.2) is 0 Å². The van der Waals surface area contributed by atoms with Crippen LogP contribution in [0.1, 0.15) is 18.1 Å². The molecule has 0 spiro atoms. The monoisotopic (exact) mass is 254 g/mol. The molecular weight excluding hydrogens is 236 g/mol. The first-order valence-electron chi connectivity index (χ1n) is 5.49. The normalized spacial score (nSPS) is 12.2. The van der Waals surface area contributed by atoms with Gasteiger partial charge in [-0.2, -0.15) is 0 Å². The molecule has 0 aliphatic carbocycles. The van der Waals surface area contributed by atoms with Crippen LogP contribution >= 0.6 is 11.6 Å². The zero-order valence-corrected chi connectivity index (χ0v) is 11.9. The van der Waals surface area contributed by atoms with Crippen molar-refractivity contribution in [2.45, 2.75) is 32.5 Å². The Labute approximate surface area is 104 Å². The third kappa shape index (κ3) is 4.52. The van der Waals surface area contributed by atoms with Gasteiger partial charge in [-0.25, -0.2) is 0 Å². The molecule has 1 rings (SSSR count). The third-order valence-electron chi connectivity index (χ3n) is 2.36. The predicted octanol–water partition coefficient (Wildman–Crippen LogP) is 4.26. The molecule has 0 amide bonds. The number of rotatable bonds is 5. The highest BCUT2D eigenvalue weighted by Crippen LogP contribution is 2.12. The predicted molar refractivity (Wildman–Crippen MR) is 73.1 cm³/mol. The lowest BCUT2D eigenvalue weighted by molar-refractivity contribution is 0.303. The molecule has 0 aliphatic rings. The second-order valence-electron chi connectivity index (χ2n) is 4.34. The topological polar surface area (TPSA) is 9.23 Å². The highest BCUT2D eigenvalue weighted by Gasteiger charge is 2.17. The molecule has 0 unspecified atom stereocenters. The summed E-state index contributed by atoms with van der Waals surface area (Å²) in [6.07, 6.45) is 2.07. The molecule has 0 atom stereocenters. The molecule has 0 aromatic heterocycles. The molecule has 0 saturated heterocycles. The van der Waals surface area contributed by atoms with Gasteiger partial charge in [0.25, 0.3) is 0 Å². The van der Waals surface area contributed by atoms with Crippen molar-refractivity contribution in [3.8, 4) is 0 Å². The lowest BCUT2D eigenvalue weighted by Crippen LogP contribution is -2.27. The zero-order chi connectivity index (χ0) is 12.0. The molecule has 1 nitrogen and oxygen atoms in total. The van der Waals surface area contributed by atoms with Gasteiger partial charge in [0.05, 0.1) is 6.61 Å². The molecule has 16 heavy (non-hydrogen) atoms. The fourth-order valence-electron chi connectivity index (χ4n) is 1.44. The number of hydrogen-bond donors (Lipinski definition) is 0. The number of allylic oxidation sites excluding steroid dienone is 1. The summed E-state index contributed by atoms with van der Waals surface area (Å²) in [5.41, 5.74) is 4.55. The number of benzene rings is 1. The van der Waals surface area contributed by atoms with Gasteiger partial charge in [0, 0.05) is 5.88 Å². The summed E-state index contributed by atoms with van der Waals surface area (Å²) in [5.74, 6) is 0.569. The Morgan fingerprint density at radius 1 is 1.19 bits per heavy atom. The van der Waals surface area contributed by atoms with Crippen LogP contribution in [0.5, 0.6) is 0 Å². The van der Waals surface area contributed by atoms with Crippen LogP contribution in [0.25, 0.3) is 0 Å². The third-order valence-corrected chi connectivity index (χ3v) is 4.69. The van der Waals surface area contributed by atoms with E-state index in [-0.39, 0.29) is 0 Å². The van der Waals surface area contributed by atoms with Gasteiger partial charge in [-0.1, -0.05) is 36.0 Å². The summed E-state index contributed by atoms with van der Waals surface area (Å²) in [6, 6.07) is 8.27. The van der Waals surface area contributed by atoms with E-state index in [4.69, 9.17) is 16.0 Å². The standard InChI is InChI=1S/C13H19ClOSi/c1-4-9-16(2,3)15-11-13-7-5-12(10-14)6-8-13/h4-9H,10-11H2,1-3H3/b9-4-. The van der Waals surface area contributed by atoms with E-state index < -0.39 is 8.32 Å². The molecule has 0 bridgehead atoms. The first kappa shape index (κ1) is 13.5. The van der Waals surface area contributed by atoms with Gasteiger partial charge < -0.3 is 4.43 Å². The first-order valence-corrected chi connectivity index (χ1v) is 9.01. The summed E-state index contributed by atoms with van der Waals surface area (Å²) in [7, 11) is -1.61. The minimum atomic E-state index is -1.61. The lowest BCUT2D eigenvalue weighted by atomic mass is 10.2. The average molecular weight is 255 g/mol. The maximum atomic E-state index is 5.95. The molecule has 1 aromatic rings. The van der Waals surface area contributed by atoms with E-state index in [0.717, 1.165) is 5.56 Å². The molecule has 0 aliphatic heterocycles. The van der Waals surface area contributed by atoms with E-state index in [0.29, 0.717) is 12.5 Å². The minimum Gasteiger partial charge on any atom is -0.409 e. The molecule has 0 N–H and O–H groups in total. The van der Waals surface area contributed by atoms with Gasteiger partial charge >= 0.3 is 0 Å². The Bertz CT molecular complexity index is 343. The van der Waals surface area contributed by atoms with Crippen LogP contribution in [-0.4, -0.2) is 8.32 Å². The van der Waals surface area contributed by atoms with Gasteiger partial charge in [-0.15, -0.1) is 11.6 Å². The molecule has 3 heteroatoms. The van der Waals surface area contributed by atoms with Crippen LogP contribution in [-0.2, 0) is 16.9 Å². The van der Waals surface area contributed by atoms with Crippen molar-refractivity contribution >= 4 is 19.9 Å². The highest BCUT2D eigenvalue weighted by atomic mass is 35.5. The van der Waals surface area contributed by atoms with Gasteiger partial charge in [-0.05, 0) is 31.1 Å². The second kappa shape index (κ2) is 6.23. The summed E-state index contributed by atoms with van der Waals surface area (Å²) in [4.78, 5) is 0. The van der Waals surface area contributed by atoms with E-state index in [2.05, 4.69) is 49.1 Å². The molecule has 0 saturated carbocycles. The number of hydrogen-bond acceptors (Lipinski definition) is 1. The molecule has 1 aromatic carbocycles. The summed E-state index contributed by atoms with van der Waals surface area (Å²) < 4.78 is 5.95. The Morgan fingerprint density at radius 2 is 1.75 bits per heavy atom. The van der Waals surface area contributed by atoms with E-state index >= 15 is 0 Å². The zero-order valence-electron chi connectivity index (χ0n) is 10.2. The van der Waals surface area contributed by atoms with Crippen LogP contribution in [0.3, 0.4) is 0 Å². The van der Waals surface area contributed by atoms with Crippen LogP contribution < -0.4 is 0 Å². The Balaban J connectivity index is 2.54. The van der Waals surface area contributed by atoms with Gasteiger partial charge in [-0.3, -0.25) is 0 Å². The van der Waals surface area contributed by atoms with Crippen molar-refractivity contribution in [3.05, 3.63) is 47.2 Å². The summed E-state index contributed by atoms with van der Waals surface area (Å²) in [5, 5.41) is 0. The van der Waals surface area contributed by atoms with Crippen LogP contribution in [0, 0.1) is 0 Å². The SMILES string of the molecule is C/C=C\[Si](C)(C)OCc1ccc(CCl)cc1. The van der Waals surface area contributed by atoms with E-state index in [1.807, 2.05) is 6.92 Å². The largest absolute Gasteiger partial charge is 0.409 e. The van der Waals surface area contributed by atoms with E-state index in [9.17, 15) is 0 Å². The smallest absolute Gasteiger partial charge is 0.211 e. The van der Waals surface area contributed by atoms with Crippen LogP contribution in [0.15, 0.2) is 36.0 Å². The Hall–Kier alpha value is -0.573. The fourth-order valence-corrected chi connectivity index (χ4v) is 3.06. The molecule has 0 heterocycles. The van der Waals surface area contributed by atoms with Crippen molar-refractivity contribution in [1.29, 1.82) is 0 Å². The van der Waals surface area contributed by atoms with Crippen molar-refractivity contribution in [3.63, 3.8) is 0 Å². The first-order chi connectivity index (χ1) is 7.57. The molecule has 0 fully saturated rings. The maximum absolute atomic E-state index is 5.95. The molecule has 88 valence electrons. The van der Waals surface area contributed by atoms with Gasteiger partial charge in [0.2, 0.25) is 8.32 Å². The second-order valence-corrected chi connectivity index (χ2v) is 8.44. The minimum absolute atomic E-state index is 0.569. The quantitative estimate of drug-likeness (QED) is 0.564. The maximum Gasteiger partial charge on any atom is 0.211 e. The van der Waals surface area contributed by atoms with Crippen molar-refractivity contribution < 1.29 is 4.43 Å². The van der Waals surface area contributed by atoms with E-state index in [1.54, 1.807) is 0 Å². The van der Waals surface area contributed by atoms with Crippen LogP contribution in [0.2, 0.25) is 13.1 Å². The van der Waals surface area contributed by atoms with Crippen molar-refractivity contribution in [2.75, 3.05) is 0 Å². The summed E-state index contributed by atoms with van der Waals surface area (Å²) in [6.45, 7) is 7.11. The average Bonchev–Trinajstić information content (AvgIpc) is 2.27. The number of halogens is 1. The highest BCUT2D eigenvalue weighted by molar-refractivity contribution is 6.76. The number of alkyl halides is 1. The lowest BCUT2D eigenvalue weighted by Gasteiger charge is -2.18. The van der Waals surface area contributed by atoms with Gasteiger partial charge in [0.1, 0.15) is 0 Å². The van der Waals surface area contributed by atoms with E-state index in [1.165, 1.54) is 5.56 Å².